The Hall–Kier alpha value is -2.90. The van der Waals surface area contributed by atoms with Gasteiger partial charge in [0, 0.05) is 32.3 Å². The Morgan fingerprint density at radius 2 is 2.16 bits per heavy atom. The van der Waals surface area contributed by atoms with E-state index in [1.54, 1.807) is 7.05 Å². The molecule has 132 valence electrons. The zero-order valence-electron chi connectivity index (χ0n) is 14.7. The van der Waals surface area contributed by atoms with E-state index in [1.165, 1.54) is 0 Å². The number of hydrogen-bond donors (Lipinski definition) is 2. The standard InChI is InChI=1S/C17H23N7O/c1-12(2)14-10-13(25-23-14)11-20-17(18-3)19-8-7-16-22-21-15-6-4-5-9-24(15)16/h4-6,9-10,12H,7-8,11H2,1-3H3,(H2,18,19,20). The average molecular weight is 341 g/mol. The number of guanidine groups is 1. The molecule has 0 saturated heterocycles. The molecular formula is C17H23N7O. The SMILES string of the molecule is CN=C(NCCc1nnc2ccccn12)NCc1cc(C(C)C)no1. The number of fused-ring (bicyclic) bond motifs is 1. The first kappa shape index (κ1) is 16.9. The molecule has 25 heavy (non-hydrogen) atoms. The second kappa shape index (κ2) is 7.78. The monoisotopic (exact) mass is 341 g/mol. The zero-order valence-corrected chi connectivity index (χ0v) is 14.7. The molecule has 0 bridgehead atoms. The van der Waals surface area contributed by atoms with Crippen molar-refractivity contribution in [3.05, 3.63) is 47.7 Å². The molecule has 3 aromatic rings. The molecular weight excluding hydrogens is 318 g/mol. The van der Waals surface area contributed by atoms with Crippen molar-refractivity contribution < 1.29 is 4.52 Å². The van der Waals surface area contributed by atoms with Gasteiger partial charge in [-0.25, -0.2) is 0 Å². The summed E-state index contributed by atoms with van der Waals surface area (Å²) in [6.45, 7) is 5.41. The van der Waals surface area contributed by atoms with Crippen molar-refractivity contribution in [1.29, 1.82) is 0 Å². The molecule has 3 heterocycles. The minimum atomic E-state index is 0.355. The Morgan fingerprint density at radius 1 is 1.28 bits per heavy atom. The molecule has 0 aliphatic carbocycles. The lowest BCUT2D eigenvalue weighted by molar-refractivity contribution is 0.372. The van der Waals surface area contributed by atoms with Crippen molar-refractivity contribution in [2.75, 3.05) is 13.6 Å². The van der Waals surface area contributed by atoms with Crippen LogP contribution in [-0.2, 0) is 13.0 Å². The van der Waals surface area contributed by atoms with Gasteiger partial charge in [0.1, 0.15) is 5.82 Å². The molecule has 3 aromatic heterocycles. The quantitative estimate of drug-likeness (QED) is 0.524. The van der Waals surface area contributed by atoms with Crippen LogP contribution >= 0.6 is 0 Å². The van der Waals surface area contributed by atoms with E-state index in [0.29, 0.717) is 25.0 Å². The van der Waals surface area contributed by atoms with Gasteiger partial charge in [-0.05, 0) is 18.1 Å². The Kier molecular flexibility index (Phi) is 5.27. The molecule has 0 aliphatic heterocycles. The third kappa shape index (κ3) is 4.14. The summed E-state index contributed by atoms with van der Waals surface area (Å²) < 4.78 is 7.30. The molecule has 2 N–H and O–H groups in total. The largest absolute Gasteiger partial charge is 0.359 e. The second-order valence-corrected chi connectivity index (χ2v) is 6.02. The first-order chi connectivity index (χ1) is 12.2. The molecule has 3 rings (SSSR count). The summed E-state index contributed by atoms with van der Waals surface area (Å²) in [6, 6.07) is 7.82. The highest BCUT2D eigenvalue weighted by atomic mass is 16.5. The Bertz CT molecular complexity index is 849. The van der Waals surface area contributed by atoms with E-state index in [-0.39, 0.29) is 0 Å². The molecule has 0 radical (unpaired) electrons. The highest BCUT2D eigenvalue weighted by Crippen LogP contribution is 2.13. The first-order valence-electron chi connectivity index (χ1n) is 8.36. The van der Waals surface area contributed by atoms with Crippen molar-refractivity contribution in [1.82, 2.24) is 30.4 Å². The van der Waals surface area contributed by atoms with Crippen LogP contribution in [0.1, 0.15) is 37.0 Å². The lowest BCUT2D eigenvalue weighted by atomic mass is 10.1. The smallest absolute Gasteiger partial charge is 0.191 e. The minimum absolute atomic E-state index is 0.355. The second-order valence-electron chi connectivity index (χ2n) is 6.02. The number of aliphatic imine (C=N–C) groups is 1. The fraction of sp³-hybridized carbons (Fsp3) is 0.412. The molecule has 0 unspecified atom stereocenters. The van der Waals surface area contributed by atoms with Gasteiger partial charge in [-0.15, -0.1) is 10.2 Å². The topological polar surface area (TPSA) is 92.6 Å². The minimum Gasteiger partial charge on any atom is -0.359 e. The summed E-state index contributed by atoms with van der Waals surface area (Å²) >= 11 is 0. The van der Waals surface area contributed by atoms with Crippen molar-refractivity contribution in [3.63, 3.8) is 0 Å². The van der Waals surface area contributed by atoms with Crippen LogP contribution in [0.5, 0.6) is 0 Å². The molecule has 0 spiro atoms. The van der Waals surface area contributed by atoms with Crippen molar-refractivity contribution in [3.8, 4) is 0 Å². The van der Waals surface area contributed by atoms with E-state index in [9.17, 15) is 0 Å². The number of pyridine rings is 1. The van der Waals surface area contributed by atoms with E-state index in [4.69, 9.17) is 4.52 Å². The third-order valence-electron chi connectivity index (χ3n) is 3.85. The van der Waals surface area contributed by atoms with Gasteiger partial charge in [-0.1, -0.05) is 25.1 Å². The summed E-state index contributed by atoms with van der Waals surface area (Å²) in [5, 5.41) is 18.9. The number of hydrogen-bond acceptors (Lipinski definition) is 5. The fourth-order valence-corrected chi connectivity index (χ4v) is 2.43. The average Bonchev–Trinajstić information content (AvgIpc) is 3.25. The maximum atomic E-state index is 5.32. The van der Waals surface area contributed by atoms with Crippen molar-refractivity contribution in [2.24, 2.45) is 4.99 Å². The zero-order chi connectivity index (χ0) is 17.6. The molecule has 0 atom stereocenters. The van der Waals surface area contributed by atoms with E-state index in [1.807, 2.05) is 34.9 Å². The predicted molar refractivity (Wildman–Crippen MR) is 95.5 cm³/mol. The van der Waals surface area contributed by atoms with Crippen LogP contribution < -0.4 is 10.6 Å². The van der Waals surface area contributed by atoms with Crippen LogP contribution in [0.2, 0.25) is 0 Å². The van der Waals surface area contributed by atoms with Gasteiger partial charge >= 0.3 is 0 Å². The van der Waals surface area contributed by atoms with Gasteiger partial charge in [0.05, 0.1) is 12.2 Å². The van der Waals surface area contributed by atoms with Gasteiger partial charge in [-0.2, -0.15) is 0 Å². The lowest BCUT2D eigenvalue weighted by Gasteiger charge is -2.10. The van der Waals surface area contributed by atoms with Crippen LogP contribution in [0.4, 0.5) is 0 Å². The lowest BCUT2D eigenvalue weighted by Crippen LogP contribution is -2.37. The molecule has 0 fully saturated rings. The molecule has 0 aromatic carbocycles. The van der Waals surface area contributed by atoms with Crippen molar-refractivity contribution in [2.45, 2.75) is 32.7 Å². The first-order valence-corrected chi connectivity index (χ1v) is 8.36. The third-order valence-corrected chi connectivity index (χ3v) is 3.85. The van der Waals surface area contributed by atoms with Gasteiger partial charge in [0.25, 0.3) is 0 Å². The normalized spacial score (nSPS) is 12.1. The summed E-state index contributed by atoms with van der Waals surface area (Å²) in [7, 11) is 1.74. The maximum absolute atomic E-state index is 5.32. The highest BCUT2D eigenvalue weighted by Gasteiger charge is 2.09. The molecule has 0 amide bonds. The van der Waals surface area contributed by atoms with E-state index >= 15 is 0 Å². The van der Waals surface area contributed by atoms with Gasteiger partial charge < -0.3 is 15.2 Å². The Balaban J connectivity index is 1.49. The van der Waals surface area contributed by atoms with Gasteiger partial charge in [0.2, 0.25) is 0 Å². The number of nitrogens with zero attached hydrogens (tertiary/aromatic N) is 5. The van der Waals surface area contributed by atoms with Crippen LogP contribution in [0, 0.1) is 0 Å². The van der Waals surface area contributed by atoms with Crippen LogP contribution in [0.3, 0.4) is 0 Å². The highest BCUT2D eigenvalue weighted by molar-refractivity contribution is 5.79. The Morgan fingerprint density at radius 3 is 2.92 bits per heavy atom. The summed E-state index contributed by atoms with van der Waals surface area (Å²) in [6.07, 6.45) is 2.71. The van der Waals surface area contributed by atoms with Crippen LogP contribution in [0.25, 0.3) is 5.65 Å². The van der Waals surface area contributed by atoms with E-state index in [0.717, 1.165) is 29.3 Å². The van der Waals surface area contributed by atoms with Crippen molar-refractivity contribution >= 4 is 11.6 Å². The van der Waals surface area contributed by atoms with E-state index < -0.39 is 0 Å². The molecule has 0 saturated carbocycles. The van der Waals surface area contributed by atoms with Gasteiger partial charge in [-0.3, -0.25) is 9.39 Å². The van der Waals surface area contributed by atoms with E-state index in [2.05, 4.69) is 44.8 Å². The number of nitrogens with one attached hydrogen (secondary N) is 2. The molecule has 0 aliphatic rings. The van der Waals surface area contributed by atoms with Crippen LogP contribution in [-0.4, -0.2) is 39.3 Å². The number of aromatic nitrogens is 4. The Labute approximate surface area is 146 Å². The maximum Gasteiger partial charge on any atom is 0.191 e. The molecule has 8 heteroatoms. The summed E-state index contributed by atoms with van der Waals surface area (Å²) in [5.41, 5.74) is 1.81. The predicted octanol–water partition coefficient (Wildman–Crippen LogP) is 1.75. The summed E-state index contributed by atoms with van der Waals surface area (Å²) in [4.78, 5) is 4.22. The molecule has 8 nitrogen and oxygen atoms in total. The van der Waals surface area contributed by atoms with Gasteiger partial charge in [0.15, 0.2) is 17.4 Å². The fourth-order valence-electron chi connectivity index (χ4n) is 2.43. The number of rotatable bonds is 6. The summed E-state index contributed by atoms with van der Waals surface area (Å²) in [5.74, 6) is 2.76. The van der Waals surface area contributed by atoms with Crippen LogP contribution in [0.15, 0.2) is 40.0 Å².